The zero-order valence-electron chi connectivity index (χ0n) is 16.0. The van der Waals surface area contributed by atoms with Crippen molar-refractivity contribution in [3.05, 3.63) is 54.1 Å². The summed E-state index contributed by atoms with van der Waals surface area (Å²) < 4.78 is 1.57. The molecule has 7 heteroatoms. The number of carbonyl (C=O) groups excluding carboxylic acids is 1. The van der Waals surface area contributed by atoms with E-state index in [0.29, 0.717) is 0 Å². The van der Waals surface area contributed by atoms with Crippen molar-refractivity contribution in [1.29, 1.82) is 0 Å². The highest BCUT2D eigenvalue weighted by Crippen LogP contribution is 2.20. The van der Waals surface area contributed by atoms with Crippen molar-refractivity contribution in [3.63, 3.8) is 0 Å². The van der Waals surface area contributed by atoms with Gasteiger partial charge in [-0.1, -0.05) is 29.5 Å². The van der Waals surface area contributed by atoms with Crippen molar-refractivity contribution in [3.8, 4) is 0 Å². The smallest absolute Gasteiger partial charge is 0.261 e. The summed E-state index contributed by atoms with van der Waals surface area (Å²) in [4.78, 5) is 14.7. The van der Waals surface area contributed by atoms with E-state index >= 15 is 0 Å². The largest absolute Gasteiger partial charge is 0.372 e. The molecule has 144 valence electrons. The molecule has 0 atom stereocenters. The molecule has 3 aromatic rings. The van der Waals surface area contributed by atoms with E-state index in [4.69, 9.17) is 0 Å². The van der Waals surface area contributed by atoms with Gasteiger partial charge in [-0.3, -0.25) is 4.79 Å². The molecule has 1 aliphatic heterocycles. The Kier molecular flexibility index (Phi) is 5.32. The maximum absolute atomic E-state index is 12.2. The molecule has 7 nitrogen and oxygen atoms in total. The molecule has 0 spiro atoms. The third-order valence-electron chi connectivity index (χ3n) is 5.07. The van der Waals surface area contributed by atoms with Gasteiger partial charge in [-0.25, -0.2) is 10.1 Å². The first-order valence-electron chi connectivity index (χ1n) is 9.67. The number of hydrogen-bond acceptors (Lipinski definition) is 5. The molecular weight excluding hydrogens is 352 g/mol. The molecule has 0 saturated carbocycles. The lowest BCUT2D eigenvalue weighted by atomic mass is 10.1. The average Bonchev–Trinajstić information content (AvgIpc) is 3.15. The van der Waals surface area contributed by atoms with E-state index in [2.05, 4.69) is 50.0 Å². The first-order chi connectivity index (χ1) is 13.7. The third kappa shape index (κ3) is 4.03. The van der Waals surface area contributed by atoms with E-state index in [1.54, 1.807) is 4.68 Å². The van der Waals surface area contributed by atoms with E-state index in [-0.39, 0.29) is 12.5 Å². The Labute approximate surface area is 164 Å². The van der Waals surface area contributed by atoms with Crippen LogP contribution in [0, 0.1) is 0 Å². The molecular formula is C21H24N6O. The Morgan fingerprint density at radius 2 is 1.82 bits per heavy atom. The lowest BCUT2D eigenvalue weighted by molar-refractivity contribution is -0.121. The van der Waals surface area contributed by atoms with Crippen LogP contribution in [-0.4, -0.2) is 39.7 Å². The average molecular weight is 376 g/mol. The maximum atomic E-state index is 12.2. The Bertz CT molecular complexity index is 986. The maximum Gasteiger partial charge on any atom is 0.261 e. The van der Waals surface area contributed by atoms with E-state index in [1.165, 1.54) is 24.9 Å². The molecule has 1 N–H and O–H groups in total. The fourth-order valence-electron chi connectivity index (χ4n) is 3.48. The Balaban J connectivity index is 1.37. The minimum atomic E-state index is -0.236. The number of nitrogens with one attached hydrogen (secondary N) is 1. The van der Waals surface area contributed by atoms with Crippen molar-refractivity contribution >= 4 is 28.3 Å². The van der Waals surface area contributed by atoms with E-state index in [9.17, 15) is 4.79 Å². The number of piperidine rings is 1. The predicted octanol–water partition coefficient (Wildman–Crippen LogP) is 2.96. The van der Waals surface area contributed by atoms with Gasteiger partial charge in [-0.2, -0.15) is 5.10 Å². The number of nitrogens with zero attached hydrogens (tertiary/aromatic N) is 5. The van der Waals surface area contributed by atoms with Crippen molar-refractivity contribution in [1.82, 2.24) is 20.4 Å². The fraction of sp³-hybridized carbons (Fsp3) is 0.333. The van der Waals surface area contributed by atoms with Gasteiger partial charge >= 0.3 is 0 Å². The van der Waals surface area contributed by atoms with Crippen molar-refractivity contribution in [2.45, 2.75) is 32.7 Å². The highest BCUT2D eigenvalue weighted by Gasteiger charge is 2.11. The second-order valence-corrected chi connectivity index (χ2v) is 7.06. The van der Waals surface area contributed by atoms with Crippen molar-refractivity contribution < 1.29 is 4.79 Å². The minimum absolute atomic E-state index is 0.0746. The highest BCUT2D eigenvalue weighted by molar-refractivity contribution is 5.99. The predicted molar refractivity (Wildman–Crippen MR) is 110 cm³/mol. The van der Waals surface area contributed by atoms with E-state index < -0.39 is 0 Å². The van der Waals surface area contributed by atoms with Gasteiger partial charge in [-0.15, -0.1) is 5.10 Å². The second kappa shape index (κ2) is 8.21. The number of carbonyl (C=O) groups is 1. The fourth-order valence-corrected chi connectivity index (χ4v) is 3.48. The van der Waals surface area contributed by atoms with Gasteiger partial charge < -0.3 is 4.90 Å². The van der Waals surface area contributed by atoms with E-state index in [1.807, 2.05) is 31.2 Å². The van der Waals surface area contributed by atoms with Gasteiger partial charge in [0.2, 0.25) is 0 Å². The summed E-state index contributed by atoms with van der Waals surface area (Å²) in [5, 5.41) is 12.3. The highest BCUT2D eigenvalue weighted by atomic mass is 16.2. The van der Waals surface area contributed by atoms with Crippen LogP contribution in [0.15, 0.2) is 53.6 Å². The van der Waals surface area contributed by atoms with Gasteiger partial charge in [0.05, 0.1) is 11.2 Å². The number of rotatable bonds is 5. The lowest BCUT2D eigenvalue weighted by Crippen LogP contribution is -2.29. The lowest BCUT2D eigenvalue weighted by Gasteiger charge is -2.28. The van der Waals surface area contributed by atoms with Crippen LogP contribution >= 0.6 is 0 Å². The summed E-state index contributed by atoms with van der Waals surface area (Å²) in [6.45, 7) is 4.21. The van der Waals surface area contributed by atoms with Crippen LogP contribution in [0.3, 0.4) is 0 Å². The van der Waals surface area contributed by atoms with Gasteiger partial charge in [0.1, 0.15) is 12.1 Å². The molecule has 1 amide bonds. The normalized spacial score (nSPS) is 15.0. The minimum Gasteiger partial charge on any atom is -0.372 e. The number of anilines is 1. The Hall–Kier alpha value is -3.22. The zero-order valence-corrected chi connectivity index (χ0v) is 16.0. The summed E-state index contributed by atoms with van der Waals surface area (Å²) in [5.41, 5.74) is 7.21. The number of fused-ring (bicyclic) bond motifs is 1. The topological polar surface area (TPSA) is 75.4 Å². The van der Waals surface area contributed by atoms with Gasteiger partial charge in [0.15, 0.2) is 0 Å². The molecule has 2 aromatic carbocycles. The van der Waals surface area contributed by atoms with Crippen LogP contribution in [0.4, 0.5) is 5.69 Å². The van der Waals surface area contributed by atoms with Gasteiger partial charge in [-0.05, 0) is 56.0 Å². The summed E-state index contributed by atoms with van der Waals surface area (Å²) in [6.07, 6.45) is 3.84. The molecule has 2 heterocycles. The SMILES string of the molecule is C/C(=N/NC(=O)Cn1nnc2ccccc21)c1ccc(N2CCCCC2)cc1. The number of aromatic nitrogens is 3. The van der Waals surface area contributed by atoms with Crippen molar-refractivity contribution in [2.75, 3.05) is 18.0 Å². The molecule has 1 fully saturated rings. The van der Waals surface area contributed by atoms with Crippen LogP contribution in [0.25, 0.3) is 11.0 Å². The van der Waals surface area contributed by atoms with Crippen LogP contribution in [0.1, 0.15) is 31.7 Å². The second-order valence-electron chi connectivity index (χ2n) is 7.06. The first kappa shape index (κ1) is 18.2. The molecule has 0 radical (unpaired) electrons. The molecule has 1 saturated heterocycles. The standard InChI is InChI=1S/C21H24N6O/c1-16(17-9-11-18(12-10-17)26-13-5-2-6-14-26)22-24-21(28)15-27-20-8-4-3-7-19(20)23-25-27/h3-4,7-12H,2,5-6,13-15H2,1H3,(H,24,28)/b22-16-. The molecule has 0 aliphatic carbocycles. The van der Waals surface area contributed by atoms with Crippen LogP contribution in [0.2, 0.25) is 0 Å². The summed E-state index contributed by atoms with van der Waals surface area (Å²) in [6, 6.07) is 15.9. The number of hydrazone groups is 1. The molecule has 4 rings (SSSR count). The number of benzene rings is 2. The van der Waals surface area contributed by atoms with E-state index in [0.717, 1.165) is 35.4 Å². The molecule has 28 heavy (non-hydrogen) atoms. The quantitative estimate of drug-likeness (QED) is 0.549. The molecule has 1 aliphatic rings. The van der Waals surface area contributed by atoms with Crippen LogP contribution < -0.4 is 10.3 Å². The van der Waals surface area contributed by atoms with Crippen LogP contribution in [-0.2, 0) is 11.3 Å². The first-order valence-corrected chi connectivity index (χ1v) is 9.67. The van der Waals surface area contributed by atoms with Gasteiger partial charge in [0.25, 0.3) is 5.91 Å². The zero-order chi connectivity index (χ0) is 19.3. The molecule has 0 bridgehead atoms. The third-order valence-corrected chi connectivity index (χ3v) is 5.07. The number of amides is 1. The number of para-hydroxylation sites is 1. The summed E-state index contributed by atoms with van der Waals surface area (Å²) in [7, 11) is 0. The molecule has 1 aromatic heterocycles. The Morgan fingerprint density at radius 3 is 2.61 bits per heavy atom. The number of hydrogen-bond donors (Lipinski definition) is 1. The Morgan fingerprint density at radius 1 is 1.07 bits per heavy atom. The monoisotopic (exact) mass is 376 g/mol. The summed E-state index contributed by atoms with van der Waals surface area (Å²) >= 11 is 0. The van der Waals surface area contributed by atoms with Crippen LogP contribution in [0.5, 0.6) is 0 Å². The van der Waals surface area contributed by atoms with Gasteiger partial charge in [0, 0.05) is 18.8 Å². The molecule has 0 unspecified atom stereocenters. The summed E-state index contributed by atoms with van der Waals surface area (Å²) in [5.74, 6) is -0.236. The van der Waals surface area contributed by atoms with Crippen molar-refractivity contribution in [2.24, 2.45) is 5.10 Å².